The molecule has 1 N–H and O–H groups in total. The number of hydrogen-bond donors (Lipinski definition) is 1. The molecule has 0 radical (unpaired) electrons. The van der Waals surface area contributed by atoms with E-state index in [9.17, 15) is 0 Å². The first-order valence-electron chi connectivity index (χ1n) is 5.45. The van der Waals surface area contributed by atoms with Crippen LogP contribution < -0.4 is 10.2 Å². The minimum atomic E-state index is 0.584. The van der Waals surface area contributed by atoms with E-state index in [4.69, 9.17) is 4.52 Å². The van der Waals surface area contributed by atoms with Crippen LogP contribution in [0.4, 0.5) is 5.69 Å². The number of hydrogen-bond acceptors (Lipinski definition) is 5. The van der Waals surface area contributed by atoms with E-state index in [-0.39, 0.29) is 0 Å². The van der Waals surface area contributed by atoms with Crippen LogP contribution in [0.1, 0.15) is 5.89 Å². The van der Waals surface area contributed by atoms with Gasteiger partial charge in [0.05, 0.1) is 6.54 Å². The van der Waals surface area contributed by atoms with E-state index in [1.807, 2.05) is 50.3 Å². The minimum absolute atomic E-state index is 0.584. The van der Waals surface area contributed by atoms with Crippen LogP contribution in [0.2, 0.25) is 0 Å². The molecule has 1 aromatic carbocycles. The SMILES string of the molecule is CNCc1nc(-c2cccc(N(C)C)c2)no1. The van der Waals surface area contributed by atoms with Crippen molar-refractivity contribution in [1.29, 1.82) is 0 Å². The minimum Gasteiger partial charge on any atom is -0.378 e. The van der Waals surface area contributed by atoms with Gasteiger partial charge in [0.25, 0.3) is 0 Å². The molecule has 0 bridgehead atoms. The van der Waals surface area contributed by atoms with Crippen molar-refractivity contribution in [3.8, 4) is 11.4 Å². The molecule has 0 saturated heterocycles. The van der Waals surface area contributed by atoms with Crippen LogP contribution in [-0.2, 0) is 6.54 Å². The molecule has 0 amide bonds. The van der Waals surface area contributed by atoms with Crippen LogP contribution in [0.15, 0.2) is 28.8 Å². The molecule has 90 valence electrons. The largest absolute Gasteiger partial charge is 0.378 e. The second-order valence-electron chi connectivity index (χ2n) is 3.99. The highest BCUT2D eigenvalue weighted by Crippen LogP contribution is 2.21. The highest BCUT2D eigenvalue weighted by atomic mass is 16.5. The second kappa shape index (κ2) is 4.97. The Bertz CT molecular complexity index is 493. The maximum absolute atomic E-state index is 5.12. The lowest BCUT2D eigenvalue weighted by Crippen LogP contribution is -2.08. The zero-order valence-corrected chi connectivity index (χ0v) is 10.3. The molecular formula is C12H16N4O. The van der Waals surface area contributed by atoms with E-state index in [2.05, 4.69) is 15.5 Å². The maximum Gasteiger partial charge on any atom is 0.240 e. The highest BCUT2D eigenvalue weighted by Gasteiger charge is 2.08. The van der Waals surface area contributed by atoms with Crippen molar-refractivity contribution in [2.75, 3.05) is 26.0 Å². The van der Waals surface area contributed by atoms with Crippen molar-refractivity contribution >= 4 is 5.69 Å². The summed E-state index contributed by atoms with van der Waals surface area (Å²) in [6.07, 6.45) is 0. The second-order valence-corrected chi connectivity index (χ2v) is 3.99. The van der Waals surface area contributed by atoms with Gasteiger partial charge in [0.2, 0.25) is 11.7 Å². The summed E-state index contributed by atoms with van der Waals surface area (Å²) in [5, 5.41) is 6.93. The highest BCUT2D eigenvalue weighted by molar-refractivity contribution is 5.62. The van der Waals surface area contributed by atoms with Gasteiger partial charge in [-0.25, -0.2) is 0 Å². The molecule has 2 rings (SSSR count). The fourth-order valence-electron chi connectivity index (χ4n) is 1.52. The van der Waals surface area contributed by atoms with Gasteiger partial charge in [-0.2, -0.15) is 4.98 Å². The molecule has 0 aliphatic heterocycles. The molecule has 0 aliphatic carbocycles. The average molecular weight is 232 g/mol. The van der Waals surface area contributed by atoms with Gasteiger partial charge >= 0.3 is 0 Å². The van der Waals surface area contributed by atoms with Crippen LogP contribution >= 0.6 is 0 Å². The average Bonchev–Trinajstić information content (AvgIpc) is 2.78. The van der Waals surface area contributed by atoms with Gasteiger partial charge < -0.3 is 14.7 Å². The van der Waals surface area contributed by atoms with Gasteiger partial charge in [0, 0.05) is 25.3 Å². The summed E-state index contributed by atoms with van der Waals surface area (Å²) in [5.41, 5.74) is 2.07. The quantitative estimate of drug-likeness (QED) is 0.866. The first kappa shape index (κ1) is 11.6. The first-order chi connectivity index (χ1) is 8.20. The molecule has 1 aromatic heterocycles. The van der Waals surface area contributed by atoms with E-state index in [1.165, 1.54) is 0 Å². The summed E-state index contributed by atoms with van der Waals surface area (Å²) in [6.45, 7) is 0.584. The molecule has 5 nitrogen and oxygen atoms in total. The molecule has 0 unspecified atom stereocenters. The molecule has 17 heavy (non-hydrogen) atoms. The third kappa shape index (κ3) is 2.62. The molecule has 0 fully saturated rings. The molecule has 5 heteroatoms. The van der Waals surface area contributed by atoms with E-state index >= 15 is 0 Å². The van der Waals surface area contributed by atoms with Crippen molar-refractivity contribution in [3.05, 3.63) is 30.2 Å². The van der Waals surface area contributed by atoms with E-state index in [1.54, 1.807) is 0 Å². The zero-order chi connectivity index (χ0) is 12.3. The van der Waals surface area contributed by atoms with Crippen LogP contribution in [0, 0.1) is 0 Å². The lowest BCUT2D eigenvalue weighted by Gasteiger charge is -2.12. The maximum atomic E-state index is 5.12. The number of aromatic nitrogens is 2. The van der Waals surface area contributed by atoms with Crippen molar-refractivity contribution in [2.24, 2.45) is 0 Å². The van der Waals surface area contributed by atoms with Crippen LogP contribution in [0.3, 0.4) is 0 Å². The van der Waals surface area contributed by atoms with Gasteiger partial charge in [-0.05, 0) is 19.2 Å². The normalized spacial score (nSPS) is 10.5. The molecule has 2 aromatic rings. The molecular weight excluding hydrogens is 216 g/mol. The Morgan fingerprint density at radius 1 is 1.35 bits per heavy atom. The Morgan fingerprint density at radius 3 is 2.88 bits per heavy atom. The van der Waals surface area contributed by atoms with Crippen molar-refractivity contribution in [3.63, 3.8) is 0 Å². The Morgan fingerprint density at radius 2 is 2.18 bits per heavy atom. The number of nitrogens with one attached hydrogen (secondary N) is 1. The van der Waals surface area contributed by atoms with Gasteiger partial charge in [-0.3, -0.25) is 0 Å². The molecule has 0 spiro atoms. The van der Waals surface area contributed by atoms with Crippen LogP contribution in [0.5, 0.6) is 0 Å². The van der Waals surface area contributed by atoms with Crippen molar-refractivity contribution < 1.29 is 4.52 Å². The number of nitrogens with zero attached hydrogens (tertiary/aromatic N) is 3. The Hall–Kier alpha value is -1.88. The number of benzene rings is 1. The lowest BCUT2D eigenvalue weighted by atomic mass is 10.2. The van der Waals surface area contributed by atoms with E-state index < -0.39 is 0 Å². The lowest BCUT2D eigenvalue weighted by molar-refractivity contribution is 0.372. The predicted molar refractivity (Wildman–Crippen MR) is 66.8 cm³/mol. The summed E-state index contributed by atoms with van der Waals surface area (Å²) >= 11 is 0. The summed E-state index contributed by atoms with van der Waals surface area (Å²) in [4.78, 5) is 6.35. The van der Waals surface area contributed by atoms with Gasteiger partial charge in [-0.1, -0.05) is 17.3 Å². The number of rotatable bonds is 4. The fourth-order valence-corrected chi connectivity index (χ4v) is 1.52. The Labute approximate surface area is 100 Å². The zero-order valence-electron chi connectivity index (χ0n) is 10.3. The third-order valence-electron chi connectivity index (χ3n) is 2.42. The summed E-state index contributed by atoms with van der Waals surface area (Å²) in [5.74, 6) is 1.22. The summed E-state index contributed by atoms with van der Waals surface area (Å²) in [6, 6.07) is 8.03. The monoisotopic (exact) mass is 232 g/mol. The van der Waals surface area contributed by atoms with Gasteiger partial charge in [0.15, 0.2) is 0 Å². The smallest absolute Gasteiger partial charge is 0.240 e. The number of anilines is 1. The topological polar surface area (TPSA) is 54.2 Å². The Balaban J connectivity index is 2.28. The standard InChI is InChI=1S/C12H16N4O/c1-13-8-11-14-12(15-17-11)9-5-4-6-10(7-9)16(2)3/h4-7,13H,8H2,1-3H3. The van der Waals surface area contributed by atoms with Crippen molar-refractivity contribution in [2.45, 2.75) is 6.54 Å². The van der Waals surface area contributed by atoms with E-state index in [0.717, 1.165) is 11.3 Å². The van der Waals surface area contributed by atoms with Crippen molar-refractivity contribution in [1.82, 2.24) is 15.5 Å². The van der Waals surface area contributed by atoms with Gasteiger partial charge in [-0.15, -0.1) is 0 Å². The summed E-state index contributed by atoms with van der Waals surface area (Å²) < 4.78 is 5.12. The summed E-state index contributed by atoms with van der Waals surface area (Å²) in [7, 11) is 5.85. The van der Waals surface area contributed by atoms with Gasteiger partial charge in [0.1, 0.15) is 0 Å². The fraction of sp³-hybridized carbons (Fsp3) is 0.333. The molecule has 0 saturated carbocycles. The Kier molecular flexibility index (Phi) is 3.39. The van der Waals surface area contributed by atoms with E-state index in [0.29, 0.717) is 18.3 Å². The first-order valence-corrected chi connectivity index (χ1v) is 5.45. The van der Waals surface area contributed by atoms with Crippen LogP contribution in [0.25, 0.3) is 11.4 Å². The van der Waals surface area contributed by atoms with Crippen LogP contribution in [-0.4, -0.2) is 31.3 Å². The third-order valence-corrected chi connectivity index (χ3v) is 2.42. The molecule has 0 aliphatic rings. The predicted octanol–water partition coefficient (Wildman–Crippen LogP) is 1.52. The molecule has 1 heterocycles. The molecule has 0 atom stereocenters.